The number of methoxy groups -OCH3 is 1. The molecule has 0 spiro atoms. The van der Waals surface area contributed by atoms with Gasteiger partial charge in [0.25, 0.3) is 0 Å². The van der Waals surface area contributed by atoms with E-state index >= 15 is 0 Å². The molecule has 0 saturated heterocycles. The van der Waals surface area contributed by atoms with E-state index in [0.29, 0.717) is 0 Å². The summed E-state index contributed by atoms with van der Waals surface area (Å²) in [5.41, 5.74) is 1.07. The zero-order valence-electron chi connectivity index (χ0n) is 11.2. The molecule has 0 fully saturated rings. The molecule has 1 aromatic rings. The van der Waals surface area contributed by atoms with Crippen molar-refractivity contribution in [3.05, 3.63) is 24.3 Å². The average molecular weight is 236 g/mol. The van der Waals surface area contributed by atoms with Gasteiger partial charge in [-0.1, -0.05) is 26.0 Å². The molecule has 0 aliphatic carbocycles. The van der Waals surface area contributed by atoms with Crippen molar-refractivity contribution in [3.63, 3.8) is 0 Å². The average Bonchev–Trinajstić information content (AvgIpc) is 2.38. The van der Waals surface area contributed by atoms with Crippen molar-refractivity contribution in [2.24, 2.45) is 0 Å². The molecule has 0 atom stereocenters. The second-order valence-corrected chi connectivity index (χ2v) is 4.06. The van der Waals surface area contributed by atoms with Crippen molar-refractivity contribution < 1.29 is 4.74 Å². The summed E-state index contributed by atoms with van der Waals surface area (Å²) in [6, 6.07) is 8.04. The summed E-state index contributed by atoms with van der Waals surface area (Å²) >= 11 is 0. The van der Waals surface area contributed by atoms with Crippen molar-refractivity contribution >= 4 is 5.69 Å². The first-order chi connectivity index (χ1) is 8.31. The van der Waals surface area contributed by atoms with Crippen LogP contribution in [0.15, 0.2) is 24.3 Å². The van der Waals surface area contributed by atoms with Crippen molar-refractivity contribution in [2.45, 2.75) is 20.3 Å². The predicted molar refractivity (Wildman–Crippen MR) is 73.9 cm³/mol. The van der Waals surface area contributed by atoms with Crippen molar-refractivity contribution in [1.29, 1.82) is 0 Å². The van der Waals surface area contributed by atoms with E-state index in [2.05, 4.69) is 30.1 Å². The van der Waals surface area contributed by atoms with Crippen LogP contribution in [0.3, 0.4) is 0 Å². The molecule has 0 amide bonds. The van der Waals surface area contributed by atoms with Crippen LogP contribution in [0.2, 0.25) is 0 Å². The maximum atomic E-state index is 5.30. The first-order valence-corrected chi connectivity index (χ1v) is 6.41. The molecular formula is C14H24N2O. The third-order valence-electron chi connectivity index (χ3n) is 2.84. The van der Waals surface area contributed by atoms with E-state index in [1.54, 1.807) is 7.11 Å². The minimum Gasteiger partial charge on any atom is -0.495 e. The molecule has 0 aliphatic rings. The van der Waals surface area contributed by atoms with Crippen LogP contribution in [-0.4, -0.2) is 38.2 Å². The van der Waals surface area contributed by atoms with Gasteiger partial charge < -0.3 is 15.0 Å². The highest BCUT2D eigenvalue weighted by Crippen LogP contribution is 2.22. The number of nitrogens with zero attached hydrogens (tertiary/aromatic N) is 1. The number of ether oxygens (including phenoxy) is 1. The maximum absolute atomic E-state index is 5.30. The number of rotatable bonds is 8. The van der Waals surface area contributed by atoms with Gasteiger partial charge in [0.1, 0.15) is 5.75 Å². The van der Waals surface area contributed by atoms with Gasteiger partial charge in [-0.25, -0.2) is 0 Å². The van der Waals surface area contributed by atoms with Crippen LogP contribution in [-0.2, 0) is 0 Å². The molecule has 17 heavy (non-hydrogen) atoms. The molecule has 0 bridgehead atoms. The maximum Gasteiger partial charge on any atom is 0.141 e. The fraction of sp³-hybridized carbons (Fsp3) is 0.571. The van der Waals surface area contributed by atoms with Crippen LogP contribution in [0.25, 0.3) is 0 Å². The summed E-state index contributed by atoms with van der Waals surface area (Å²) in [6.07, 6.45) is 1.21. The molecule has 0 radical (unpaired) electrons. The molecule has 0 aliphatic heterocycles. The van der Waals surface area contributed by atoms with Gasteiger partial charge in [0, 0.05) is 13.1 Å². The summed E-state index contributed by atoms with van der Waals surface area (Å²) in [5, 5.41) is 3.42. The second kappa shape index (κ2) is 7.96. The first kappa shape index (κ1) is 13.8. The van der Waals surface area contributed by atoms with E-state index in [4.69, 9.17) is 4.74 Å². The van der Waals surface area contributed by atoms with Crippen LogP contribution >= 0.6 is 0 Å². The van der Waals surface area contributed by atoms with Crippen LogP contribution in [0.4, 0.5) is 5.69 Å². The Morgan fingerprint density at radius 1 is 1.18 bits per heavy atom. The lowest BCUT2D eigenvalue weighted by molar-refractivity contribution is 0.300. The summed E-state index contributed by atoms with van der Waals surface area (Å²) in [6.45, 7) is 8.73. The monoisotopic (exact) mass is 236 g/mol. The molecule has 0 heterocycles. The molecule has 96 valence electrons. The van der Waals surface area contributed by atoms with Crippen LogP contribution in [0.5, 0.6) is 5.75 Å². The Bertz CT molecular complexity index is 315. The fourth-order valence-corrected chi connectivity index (χ4v) is 1.88. The summed E-state index contributed by atoms with van der Waals surface area (Å²) in [5.74, 6) is 0.908. The van der Waals surface area contributed by atoms with Gasteiger partial charge >= 0.3 is 0 Å². The third-order valence-corrected chi connectivity index (χ3v) is 2.84. The summed E-state index contributed by atoms with van der Waals surface area (Å²) in [7, 11) is 1.70. The van der Waals surface area contributed by atoms with Gasteiger partial charge in [0.15, 0.2) is 0 Å². The largest absolute Gasteiger partial charge is 0.495 e. The highest BCUT2D eigenvalue weighted by molar-refractivity contribution is 5.56. The number of hydrogen-bond donors (Lipinski definition) is 1. The summed E-state index contributed by atoms with van der Waals surface area (Å²) < 4.78 is 5.30. The first-order valence-electron chi connectivity index (χ1n) is 6.41. The lowest BCUT2D eigenvalue weighted by Gasteiger charge is -2.20. The Balaban J connectivity index is 2.39. The predicted octanol–water partition coefficient (Wildman–Crippen LogP) is 2.84. The van der Waals surface area contributed by atoms with Gasteiger partial charge in [-0.15, -0.1) is 0 Å². The van der Waals surface area contributed by atoms with E-state index in [1.165, 1.54) is 13.0 Å². The molecule has 0 aromatic heterocycles. The van der Waals surface area contributed by atoms with Crippen LogP contribution in [0, 0.1) is 0 Å². The van der Waals surface area contributed by atoms with Crippen LogP contribution in [0.1, 0.15) is 20.3 Å². The molecule has 1 rings (SSSR count). The van der Waals surface area contributed by atoms with Gasteiger partial charge in [-0.3, -0.25) is 0 Å². The molecule has 1 N–H and O–H groups in total. The smallest absolute Gasteiger partial charge is 0.141 e. The van der Waals surface area contributed by atoms with Gasteiger partial charge in [0.05, 0.1) is 12.8 Å². The Kier molecular flexibility index (Phi) is 6.48. The topological polar surface area (TPSA) is 24.5 Å². The number of benzene rings is 1. The molecule has 3 nitrogen and oxygen atoms in total. The van der Waals surface area contributed by atoms with Crippen molar-refractivity contribution in [1.82, 2.24) is 4.90 Å². The highest BCUT2D eigenvalue weighted by atomic mass is 16.5. The molecule has 1 aromatic carbocycles. The van der Waals surface area contributed by atoms with E-state index in [-0.39, 0.29) is 0 Å². The Morgan fingerprint density at radius 3 is 2.59 bits per heavy atom. The molecule has 3 heteroatoms. The van der Waals surface area contributed by atoms with Gasteiger partial charge in [-0.05, 0) is 31.6 Å². The zero-order valence-corrected chi connectivity index (χ0v) is 11.2. The standard InChI is InChI=1S/C14H24N2O/c1-4-11-16(5-2)12-10-15-13-8-6-7-9-14(13)17-3/h6-9,15H,4-5,10-12H2,1-3H3. The van der Waals surface area contributed by atoms with Gasteiger partial charge in [0.2, 0.25) is 0 Å². The highest BCUT2D eigenvalue weighted by Gasteiger charge is 2.02. The molecule has 0 saturated carbocycles. The lowest BCUT2D eigenvalue weighted by Crippen LogP contribution is -2.29. The number of nitrogens with one attached hydrogen (secondary N) is 1. The molecular weight excluding hydrogens is 212 g/mol. The van der Waals surface area contributed by atoms with Crippen molar-refractivity contribution in [3.8, 4) is 5.75 Å². The van der Waals surface area contributed by atoms with E-state index < -0.39 is 0 Å². The third kappa shape index (κ3) is 4.65. The number of anilines is 1. The Hall–Kier alpha value is -1.22. The zero-order chi connectivity index (χ0) is 12.5. The minimum absolute atomic E-state index is 0.908. The SMILES string of the molecule is CCCN(CC)CCNc1ccccc1OC. The quantitative estimate of drug-likeness (QED) is 0.751. The Labute approximate surface area is 105 Å². The minimum atomic E-state index is 0.908. The lowest BCUT2D eigenvalue weighted by atomic mass is 10.3. The van der Waals surface area contributed by atoms with E-state index in [0.717, 1.165) is 31.1 Å². The molecule has 0 unspecified atom stereocenters. The number of hydrogen-bond acceptors (Lipinski definition) is 3. The fourth-order valence-electron chi connectivity index (χ4n) is 1.88. The van der Waals surface area contributed by atoms with Crippen molar-refractivity contribution in [2.75, 3.05) is 38.6 Å². The normalized spacial score (nSPS) is 10.6. The van der Waals surface area contributed by atoms with Gasteiger partial charge in [-0.2, -0.15) is 0 Å². The number of para-hydroxylation sites is 2. The second-order valence-electron chi connectivity index (χ2n) is 4.06. The Morgan fingerprint density at radius 2 is 1.94 bits per heavy atom. The number of likely N-dealkylation sites (N-methyl/N-ethyl adjacent to an activating group) is 1. The van der Waals surface area contributed by atoms with Crippen LogP contribution < -0.4 is 10.1 Å². The van der Waals surface area contributed by atoms with E-state index in [9.17, 15) is 0 Å². The summed E-state index contributed by atoms with van der Waals surface area (Å²) in [4.78, 5) is 2.45. The van der Waals surface area contributed by atoms with E-state index in [1.807, 2.05) is 18.2 Å².